The summed E-state index contributed by atoms with van der Waals surface area (Å²) in [6.45, 7) is 2.95. The molecule has 1 fully saturated rings. The molecule has 0 aliphatic carbocycles. The molecule has 5 nitrogen and oxygen atoms in total. The Morgan fingerprint density at radius 2 is 1.79 bits per heavy atom. The van der Waals surface area contributed by atoms with Crippen LogP contribution in [0.1, 0.15) is 42.4 Å². The monoisotopic (exact) mass is 391 g/mol. The van der Waals surface area contributed by atoms with Crippen molar-refractivity contribution in [1.82, 2.24) is 10.2 Å². The maximum atomic E-state index is 11.1. The number of nitrogens with zero attached hydrogens (tertiary/aromatic N) is 2. The molecule has 152 valence electrons. The van der Waals surface area contributed by atoms with Gasteiger partial charge in [-0.2, -0.15) is 5.26 Å². The summed E-state index contributed by atoms with van der Waals surface area (Å²) >= 11 is 0. The largest absolute Gasteiger partial charge is 0.481 e. The number of likely N-dealkylation sites (tertiary alicyclic amines) is 1. The van der Waals surface area contributed by atoms with E-state index in [1.807, 2.05) is 42.5 Å². The normalized spacial score (nSPS) is 16.2. The van der Waals surface area contributed by atoms with Crippen LogP contribution in [-0.4, -0.2) is 41.1 Å². The Kier molecular flexibility index (Phi) is 7.80. The molecule has 0 aromatic heterocycles. The molecule has 29 heavy (non-hydrogen) atoms. The number of hydrogen-bond donors (Lipinski definition) is 2. The van der Waals surface area contributed by atoms with Gasteiger partial charge in [0.05, 0.1) is 11.6 Å². The molecular formula is C24H29N3O2. The van der Waals surface area contributed by atoms with E-state index in [0.29, 0.717) is 18.0 Å². The number of carboxylic acids is 1. The standard InChI is InChI=1S/C24H29N3O2/c25-17-20-6-8-21(9-7-20)18-27-14-12-22(13-15-27)26-23(10-11-24(28)29)16-19-4-2-1-3-5-19/h1-9,22-23,26H,10-16,18H2,(H,28,29). The zero-order valence-electron chi connectivity index (χ0n) is 16.8. The number of carboxylic acid groups (broad SMARTS) is 1. The number of nitriles is 1. The van der Waals surface area contributed by atoms with Crippen molar-refractivity contribution < 1.29 is 9.90 Å². The van der Waals surface area contributed by atoms with Gasteiger partial charge in [-0.25, -0.2) is 0 Å². The van der Waals surface area contributed by atoms with Crippen molar-refractivity contribution in [2.24, 2.45) is 0 Å². The number of hydrogen-bond acceptors (Lipinski definition) is 4. The predicted molar refractivity (Wildman–Crippen MR) is 113 cm³/mol. The molecule has 1 heterocycles. The van der Waals surface area contributed by atoms with Gasteiger partial charge in [-0.1, -0.05) is 42.5 Å². The van der Waals surface area contributed by atoms with E-state index in [9.17, 15) is 4.79 Å². The van der Waals surface area contributed by atoms with Gasteiger partial charge in [0.15, 0.2) is 0 Å². The molecule has 2 aromatic rings. The minimum absolute atomic E-state index is 0.184. The molecule has 5 heteroatoms. The van der Waals surface area contributed by atoms with E-state index in [2.05, 4.69) is 28.4 Å². The van der Waals surface area contributed by atoms with Crippen molar-refractivity contribution in [3.8, 4) is 6.07 Å². The Morgan fingerprint density at radius 1 is 1.10 bits per heavy atom. The van der Waals surface area contributed by atoms with Gasteiger partial charge in [0.25, 0.3) is 0 Å². The predicted octanol–water partition coefficient (Wildman–Crippen LogP) is 3.59. The molecule has 1 saturated heterocycles. The van der Waals surface area contributed by atoms with Crippen molar-refractivity contribution >= 4 is 5.97 Å². The Balaban J connectivity index is 1.49. The van der Waals surface area contributed by atoms with E-state index in [4.69, 9.17) is 10.4 Å². The highest BCUT2D eigenvalue weighted by Crippen LogP contribution is 2.17. The second-order valence-electron chi connectivity index (χ2n) is 7.84. The van der Waals surface area contributed by atoms with E-state index >= 15 is 0 Å². The van der Waals surface area contributed by atoms with Gasteiger partial charge in [-0.3, -0.25) is 9.69 Å². The fourth-order valence-corrected chi connectivity index (χ4v) is 3.97. The van der Waals surface area contributed by atoms with Crippen molar-refractivity contribution in [2.75, 3.05) is 13.1 Å². The molecular weight excluding hydrogens is 362 g/mol. The minimum Gasteiger partial charge on any atom is -0.481 e. The van der Waals surface area contributed by atoms with Crippen LogP contribution in [0, 0.1) is 11.3 Å². The first-order chi connectivity index (χ1) is 14.1. The van der Waals surface area contributed by atoms with Crippen LogP contribution >= 0.6 is 0 Å². The van der Waals surface area contributed by atoms with Gasteiger partial charge >= 0.3 is 5.97 Å². The topological polar surface area (TPSA) is 76.4 Å². The molecule has 1 unspecified atom stereocenters. The third kappa shape index (κ3) is 7.01. The van der Waals surface area contributed by atoms with Gasteiger partial charge in [-0.15, -0.1) is 0 Å². The van der Waals surface area contributed by atoms with Crippen molar-refractivity contribution in [2.45, 2.75) is 50.7 Å². The highest BCUT2D eigenvalue weighted by molar-refractivity contribution is 5.66. The molecule has 0 bridgehead atoms. The van der Waals surface area contributed by atoms with E-state index in [1.54, 1.807) is 0 Å². The maximum Gasteiger partial charge on any atom is 0.303 e. The van der Waals surface area contributed by atoms with E-state index in [-0.39, 0.29) is 12.5 Å². The fourth-order valence-electron chi connectivity index (χ4n) is 3.97. The number of aliphatic carboxylic acids is 1. The molecule has 0 spiro atoms. The van der Waals surface area contributed by atoms with Crippen LogP contribution in [0.2, 0.25) is 0 Å². The average Bonchev–Trinajstić information content (AvgIpc) is 2.74. The lowest BCUT2D eigenvalue weighted by atomic mass is 9.97. The average molecular weight is 392 g/mol. The third-order valence-electron chi connectivity index (χ3n) is 5.58. The van der Waals surface area contributed by atoms with Crippen LogP contribution in [0.5, 0.6) is 0 Å². The van der Waals surface area contributed by atoms with Crippen LogP contribution in [0.25, 0.3) is 0 Å². The van der Waals surface area contributed by atoms with Crippen molar-refractivity contribution in [3.63, 3.8) is 0 Å². The summed E-state index contributed by atoms with van der Waals surface area (Å²) in [6, 6.07) is 20.9. The van der Waals surface area contributed by atoms with E-state index in [0.717, 1.165) is 38.9 Å². The molecule has 2 aromatic carbocycles. The summed E-state index contributed by atoms with van der Waals surface area (Å²) in [5.41, 5.74) is 3.18. The van der Waals surface area contributed by atoms with Gasteiger partial charge in [0.2, 0.25) is 0 Å². The first-order valence-electron chi connectivity index (χ1n) is 10.4. The number of piperidine rings is 1. The second kappa shape index (κ2) is 10.8. The fraction of sp³-hybridized carbons (Fsp3) is 0.417. The second-order valence-corrected chi connectivity index (χ2v) is 7.84. The molecule has 1 aliphatic heterocycles. The van der Waals surface area contributed by atoms with Gasteiger partial charge in [0, 0.05) is 25.0 Å². The third-order valence-corrected chi connectivity index (χ3v) is 5.58. The number of carbonyl (C=O) groups is 1. The smallest absolute Gasteiger partial charge is 0.303 e. The molecule has 1 atom stereocenters. The zero-order valence-corrected chi connectivity index (χ0v) is 16.8. The summed E-state index contributed by atoms with van der Waals surface area (Å²) < 4.78 is 0. The number of rotatable bonds is 9. The first-order valence-corrected chi connectivity index (χ1v) is 10.4. The Bertz CT molecular complexity index is 806. The summed E-state index contributed by atoms with van der Waals surface area (Å²) in [5, 5.41) is 21.7. The Hall–Kier alpha value is -2.68. The zero-order chi connectivity index (χ0) is 20.5. The Morgan fingerprint density at radius 3 is 2.41 bits per heavy atom. The summed E-state index contributed by atoms with van der Waals surface area (Å²) in [6.07, 6.45) is 3.83. The highest BCUT2D eigenvalue weighted by atomic mass is 16.4. The van der Waals surface area contributed by atoms with E-state index < -0.39 is 5.97 Å². The molecule has 3 rings (SSSR count). The lowest BCUT2D eigenvalue weighted by molar-refractivity contribution is -0.137. The number of benzene rings is 2. The SMILES string of the molecule is N#Cc1ccc(CN2CCC(NC(CCC(=O)O)Cc3ccccc3)CC2)cc1. The van der Waals surface area contributed by atoms with Crippen LogP contribution in [0.3, 0.4) is 0 Å². The van der Waals surface area contributed by atoms with Gasteiger partial charge in [-0.05, 0) is 62.0 Å². The summed E-state index contributed by atoms with van der Waals surface area (Å²) in [4.78, 5) is 13.5. The highest BCUT2D eigenvalue weighted by Gasteiger charge is 2.22. The lowest BCUT2D eigenvalue weighted by Gasteiger charge is -2.34. The van der Waals surface area contributed by atoms with Crippen LogP contribution in [-0.2, 0) is 17.8 Å². The maximum absolute atomic E-state index is 11.1. The minimum atomic E-state index is -0.734. The van der Waals surface area contributed by atoms with Crippen molar-refractivity contribution in [3.05, 3.63) is 71.3 Å². The van der Waals surface area contributed by atoms with Crippen molar-refractivity contribution in [1.29, 1.82) is 5.26 Å². The van der Waals surface area contributed by atoms with Crippen LogP contribution in [0.15, 0.2) is 54.6 Å². The molecule has 0 amide bonds. The van der Waals surface area contributed by atoms with Gasteiger partial charge < -0.3 is 10.4 Å². The van der Waals surface area contributed by atoms with E-state index in [1.165, 1.54) is 11.1 Å². The summed E-state index contributed by atoms with van der Waals surface area (Å²) in [7, 11) is 0. The summed E-state index contributed by atoms with van der Waals surface area (Å²) in [5.74, 6) is -0.734. The van der Waals surface area contributed by atoms with Crippen LogP contribution < -0.4 is 5.32 Å². The molecule has 0 radical (unpaired) electrons. The quantitative estimate of drug-likeness (QED) is 0.683. The first kappa shape index (κ1) is 21.0. The van der Waals surface area contributed by atoms with Crippen LogP contribution in [0.4, 0.5) is 0 Å². The molecule has 0 saturated carbocycles. The lowest BCUT2D eigenvalue weighted by Crippen LogP contribution is -2.46. The Labute approximate surface area is 173 Å². The molecule has 2 N–H and O–H groups in total. The molecule has 1 aliphatic rings. The van der Waals surface area contributed by atoms with Gasteiger partial charge in [0.1, 0.15) is 0 Å². The number of nitrogens with one attached hydrogen (secondary N) is 1.